The van der Waals surface area contributed by atoms with E-state index < -0.39 is 0 Å². The van der Waals surface area contributed by atoms with Crippen LogP contribution in [0.3, 0.4) is 0 Å². The molecular weight excluding hydrogens is 438 g/mol. The Kier molecular flexibility index (Phi) is 4.30. The summed E-state index contributed by atoms with van der Waals surface area (Å²) in [5.74, 6) is 1.14. The Labute approximate surface area is 156 Å². The summed E-state index contributed by atoms with van der Waals surface area (Å²) in [4.78, 5) is 1.21. The van der Waals surface area contributed by atoms with E-state index in [2.05, 4.69) is 61.4 Å². The average molecular weight is 453 g/mol. The minimum absolute atomic E-state index is 1.00. The number of hydrogen-bond acceptors (Lipinski definition) is 3. The summed E-state index contributed by atoms with van der Waals surface area (Å²) >= 11 is 8.86. The molecule has 1 N–H and O–H groups in total. The lowest BCUT2D eigenvalue weighted by Crippen LogP contribution is -2.07. The quantitative estimate of drug-likeness (QED) is 0.526. The molecule has 0 saturated heterocycles. The third-order valence-corrected chi connectivity index (χ3v) is 6.11. The van der Waals surface area contributed by atoms with Crippen LogP contribution < -0.4 is 5.32 Å². The Balaban J connectivity index is 1.91. The van der Waals surface area contributed by atoms with Crippen molar-refractivity contribution in [1.29, 1.82) is 0 Å². The Morgan fingerprint density at radius 2 is 2.04 bits per heavy atom. The predicted molar refractivity (Wildman–Crippen MR) is 104 cm³/mol. The Morgan fingerprint density at radius 3 is 2.83 bits per heavy atom. The lowest BCUT2D eigenvalue weighted by molar-refractivity contribution is 0.780. The van der Waals surface area contributed by atoms with Crippen molar-refractivity contribution in [2.24, 2.45) is 0 Å². The van der Waals surface area contributed by atoms with Crippen LogP contribution in [0, 0.1) is 0 Å². The van der Waals surface area contributed by atoms with Crippen LogP contribution in [0.2, 0.25) is 0 Å². The minimum atomic E-state index is 1.00. The third-order valence-electron chi connectivity index (χ3n) is 3.99. The van der Waals surface area contributed by atoms with Gasteiger partial charge in [0.1, 0.15) is 11.5 Å². The summed E-state index contributed by atoms with van der Waals surface area (Å²) in [6.07, 6.45) is 3.46. The first-order chi connectivity index (χ1) is 11.2. The fraction of sp³-hybridized carbons (Fsp3) is 0.235. The standard InChI is InChI=1S/C17H15Br2N3S/c18-11-4-3-5-12(10-11)22-17-13(6-1-2-9-20-17)16(21-22)14-7-8-15(19)23-14/h3-5,7-8,10,20H,1-2,6,9H2. The van der Waals surface area contributed by atoms with E-state index in [1.165, 1.54) is 23.3 Å². The molecule has 0 fully saturated rings. The SMILES string of the molecule is Brc1cccc(-n2nc(-c3ccc(Br)s3)c3c2NCCCC3)c1. The molecule has 0 radical (unpaired) electrons. The third kappa shape index (κ3) is 2.99. The summed E-state index contributed by atoms with van der Waals surface area (Å²) in [5.41, 5.74) is 3.51. The van der Waals surface area contributed by atoms with Crippen molar-refractivity contribution in [1.82, 2.24) is 9.78 Å². The zero-order valence-corrected chi connectivity index (χ0v) is 16.3. The molecule has 6 heteroatoms. The van der Waals surface area contributed by atoms with Gasteiger partial charge in [-0.2, -0.15) is 5.10 Å². The zero-order valence-electron chi connectivity index (χ0n) is 12.4. The Hall–Kier alpha value is -1.11. The number of halogens is 2. The number of nitrogens with one attached hydrogen (secondary N) is 1. The Morgan fingerprint density at radius 1 is 1.13 bits per heavy atom. The van der Waals surface area contributed by atoms with Crippen molar-refractivity contribution < 1.29 is 0 Å². The van der Waals surface area contributed by atoms with Crippen LogP contribution in [0.5, 0.6) is 0 Å². The van der Waals surface area contributed by atoms with Crippen LogP contribution in [0.25, 0.3) is 16.3 Å². The molecule has 0 atom stereocenters. The van der Waals surface area contributed by atoms with Gasteiger partial charge in [0.25, 0.3) is 0 Å². The minimum Gasteiger partial charge on any atom is -0.370 e. The number of thiophene rings is 1. The van der Waals surface area contributed by atoms with Gasteiger partial charge in [-0.15, -0.1) is 11.3 Å². The first-order valence-corrected chi connectivity index (χ1v) is 10.00. The summed E-state index contributed by atoms with van der Waals surface area (Å²) in [6.45, 7) is 1.00. The molecule has 3 nitrogen and oxygen atoms in total. The molecule has 4 rings (SSSR count). The summed E-state index contributed by atoms with van der Waals surface area (Å²) < 4.78 is 4.25. The van der Waals surface area contributed by atoms with E-state index in [9.17, 15) is 0 Å². The lowest BCUT2D eigenvalue weighted by atomic mass is 10.1. The van der Waals surface area contributed by atoms with E-state index in [1.807, 2.05) is 16.8 Å². The topological polar surface area (TPSA) is 29.9 Å². The van der Waals surface area contributed by atoms with Gasteiger partial charge in [-0.05, 0) is 65.5 Å². The molecule has 1 aliphatic heterocycles. The first kappa shape index (κ1) is 15.4. The lowest BCUT2D eigenvalue weighted by Gasteiger charge is -2.09. The molecular formula is C17H15Br2N3S. The highest BCUT2D eigenvalue weighted by Gasteiger charge is 2.22. The second-order valence-corrected chi connectivity index (χ2v) is 8.93. The fourth-order valence-electron chi connectivity index (χ4n) is 2.94. The number of aromatic nitrogens is 2. The van der Waals surface area contributed by atoms with Gasteiger partial charge in [0, 0.05) is 16.6 Å². The van der Waals surface area contributed by atoms with Crippen molar-refractivity contribution in [3.05, 3.63) is 50.2 Å². The van der Waals surface area contributed by atoms with Gasteiger partial charge in [-0.1, -0.05) is 22.0 Å². The van der Waals surface area contributed by atoms with Gasteiger partial charge in [0.05, 0.1) is 14.4 Å². The average Bonchev–Trinajstić information content (AvgIpc) is 3.03. The second kappa shape index (κ2) is 6.42. The number of hydrogen-bond donors (Lipinski definition) is 1. The fourth-order valence-corrected chi connectivity index (χ4v) is 4.72. The molecule has 118 valence electrons. The van der Waals surface area contributed by atoms with Crippen molar-refractivity contribution in [3.63, 3.8) is 0 Å². The van der Waals surface area contributed by atoms with E-state index in [0.717, 1.165) is 38.4 Å². The van der Waals surface area contributed by atoms with Crippen LogP contribution in [0.1, 0.15) is 18.4 Å². The highest BCUT2D eigenvalue weighted by molar-refractivity contribution is 9.11. The molecule has 0 aliphatic carbocycles. The number of fused-ring (bicyclic) bond motifs is 1. The second-order valence-electron chi connectivity index (χ2n) is 5.56. The predicted octanol–water partition coefficient (Wildman–Crippen LogP) is 5.87. The highest BCUT2D eigenvalue weighted by Crippen LogP contribution is 2.38. The normalized spacial score (nSPS) is 14.2. The van der Waals surface area contributed by atoms with E-state index in [-0.39, 0.29) is 0 Å². The number of nitrogens with zero attached hydrogens (tertiary/aromatic N) is 2. The van der Waals surface area contributed by atoms with E-state index in [0.29, 0.717) is 0 Å². The molecule has 0 unspecified atom stereocenters. The molecule has 23 heavy (non-hydrogen) atoms. The smallest absolute Gasteiger partial charge is 0.133 e. The van der Waals surface area contributed by atoms with Crippen molar-refractivity contribution in [2.45, 2.75) is 19.3 Å². The molecule has 0 amide bonds. The van der Waals surface area contributed by atoms with Gasteiger partial charge in [-0.25, -0.2) is 4.68 Å². The maximum atomic E-state index is 4.95. The monoisotopic (exact) mass is 451 g/mol. The molecule has 0 saturated carbocycles. The summed E-state index contributed by atoms with van der Waals surface area (Å²) in [5, 5.41) is 8.54. The zero-order chi connectivity index (χ0) is 15.8. The van der Waals surface area contributed by atoms with Crippen molar-refractivity contribution in [3.8, 4) is 16.3 Å². The summed E-state index contributed by atoms with van der Waals surface area (Å²) in [7, 11) is 0. The molecule has 3 heterocycles. The van der Waals surface area contributed by atoms with Crippen molar-refractivity contribution in [2.75, 3.05) is 11.9 Å². The van der Waals surface area contributed by atoms with Crippen LogP contribution >= 0.6 is 43.2 Å². The maximum Gasteiger partial charge on any atom is 0.133 e. The van der Waals surface area contributed by atoms with E-state index >= 15 is 0 Å². The molecule has 3 aromatic rings. The molecule has 0 bridgehead atoms. The van der Waals surface area contributed by atoms with E-state index in [4.69, 9.17) is 5.10 Å². The highest BCUT2D eigenvalue weighted by atomic mass is 79.9. The van der Waals surface area contributed by atoms with Gasteiger partial charge in [0.2, 0.25) is 0 Å². The molecule has 0 spiro atoms. The van der Waals surface area contributed by atoms with Crippen LogP contribution in [-0.4, -0.2) is 16.3 Å². The number of anilines is 1. The van der Waals surface area contributed by atoms with Crippen LogP contribution in [-0.2, 0) is 6.42 Å². The molecule has 1 aromatic carbocycles. The van der Waals surface area contributed by atoms with Gasteiger partial charge in [-0.3, -0.25) is 0 Å². The largest absolute Gasteiger partial charge is 0.370 e. The maximum absolute atomic E-state index is 4.95. The first-order valence-electron chi connectivity index (χ1n) is 7.60. The Bertz CT molecular complexity index is 853. The van der Waals surface area contributed by atoms with Gasteiger partial charge < -0.3 is 5.32 Å². The van der Waals surface area contributed by atoms with Gasteiger partial charge in [0.15, 0.2) is 0 Å². The molecule has 1 aliphatic rings. The summed E-state index contributed by atoms with van der Waals surface area (Å²) in [6, 6.07) is 12.5. The van der Waals surface area contributed by atoms with Crippen LogP contribution in [0.15, 0.2) is 44.7 Å². The van der Waals surface area contributed by atoms with Gasteiger partial charge >= 0.3 is 0 Å². The number of rotatable bonds is 2. The number of benzene rings is 1. The van der Waals surface area contributed by atoms with Crippen LogP contribution in [0.4, 0.5) is 5.82 Å². The van der Waals surface area contributed by atoms with Crippen molar-refractivity contribution >= 4 is 49.0 Å². The molecule has 2 aromatic heterocycles. The van der Waals surface area contributed by atoms with E-state index in [1.54, 1.807) is 11.3 Å².